The molecule has 9 heavy (non-hydrogen) atoms. The Morgan fingerprint density at radius 2 is 1.44 bits per heavy atom. The van der Waals surface area contributed by atoms with Gasteiger partial charge in [0.1, 0.15) is 0 Å². The van der Waals surface area contributed by atoms with E-state index in [9.17, 15) is 0 Å². The third kappa shape index (κ3) is 1.12. The summed E-state index contributed by atoms with van der Waals surface area (Å²) in [5, 5.41) is 0. The van der Waals surface area contributed by atoms with Gasteiger partial charge in [-0.1, -0.05) is 0 Å². The van der Waals surface area contributed by atoms with Crippen LogP contribution in [-0.4, -0.2) is 31.4 Å². The first kappa shape index (κ1) is 7.05. The maximum Gasteiger partial charge on any atom is 0.0346 e. The van der Waals surface area contributed by atoms with Crippen LogP contribution < -0.4 is 0 Å². The number of hydrogen-bond donors (Lipinski definition) is 0. The highest BCUT2D eigenvalue weighted by Crippen LogP contribution is 2.34. The highest BCUT2D eigenvalue weighted by molar-refractivity contribution is 14.1. The monoisotopic (exact) mass is 350 g/mol. The smallest absolute Gasteiger partial charge is 0.0346 e. The van der Waals surface area contributed by atoms with Crippen LogP contribution in [0.1, 0.15) is 6.42 Å². The summed E-state index contributed by atoms with van der Waals surface area (Å²) < 4.78 is 4.88. The van der Waals surface area contributed by atoms with Crippen molar-refractivity contribution in [3.05, 3.63) is 0 Å². The molecule has 2 bridgehead atoms. The van der Waals surface area contributed by atoms with Gasteiger partial charge in [0.2, 0.25) is 0 Å². The van der Waals surface area contributed by atoms with Crippen LogP contribution in [0, 0.1) is 0 Å². The number of hydrogen-bond acceptors (Lipinski definition) is 2. The summed E-state index contributed by atoms with van der Waals surface area (Å²) in [6.07, 6.45) is 1.39. The maximum atomic E-state index is 2.44. The zero-order chi connectivity index (χ0) is 6.43. The zero-order valence-electron chi connectivity index (χ0n) is 4.93. The summed E-state index contributed by atoms with van der Waals surface area (Å²) >= 11 is 4.88. The molecular weight excluding hydrogens is 342 g/mol. The Hall–Kier alpha value is 1.38. The molecule has 4 heteroatoms. The number of fused-ring (bicyclic) bond motifs is 2. The summed E-state index contributed by atoms with van der Waals surface area (Å²) in [4.78, 5) is 0. The summed E-state index contributed by atoms with van der Waals surface area (Å²) in [5.74, 6) is 0. The molecule has 0 spiro atoms. The second-order valence-corrected chi connectivity index (χ2v) is 5.19. The van der Waals surface area contributed by atoms with E-state index in [-0.39, 0.29) is 0 Å². The maximum absolute atomic E-state index is 2.44. The second-order valence-electron chi connectivity index (χ2n) is 2.71. The highest BCUT2D eigenvalue weighted by Gasteiger charge is 2.41. The molecule has 0 N–H and O–H groups in total. The quantitative estimate of drug-likeness (QED) is 0.482. The van der Waals surface area contributed by atoms with Crippen LogP contribution >= 0.6 is 45.7 Å². The van der Waals surface area contributed by atoms with Crippen LogP contribution in [0.3, 0.4) is 0 Å². The Labute approximate surface area is 82.9 Å². The predicted octanol–water partition coefficient (Wildman–Crippen LogP) is 1.44. The molecule has 2 rings (SSSR count). The van der Waals surface area contributed by atoms with E-state index in [1.54, 1.807) is 0 Å². The van der Waals surface area contributed by atoms with Gasteiger partial charge < -0.3 is 0 Å². The fraction of sp³-hybridized carbons (Fsp3) is 1.00. The third-order valence-electron chi connectivity index (χ3n) is 2.11. The lowest BCUT2D eigenvalue weighted by Gasteiger charge is -2.25. The number of rotatable bonds is 0. The van der Waals surface area contributed by atoms with Crippen molar-refractivity contribution in [3.63, 3.8) is 0 Å². The molecule has 0 aliphatic carbocycles. The Morgan fingerprint density at radius 1 is 1.00 bits per heavy atom. The minimum Gasteiger partial charge on any atom is -0.242 e. The molecule has 2 nitrogen and oxygen atoms in total. The van der Waals surface area contributed by atoms with Crippen molar-refractivity contribution in [2.75, 3.05) is 13.1 Å². The number of nitrogens with zero attached hydrogens (tertiary/aromatic N) is 2. The van der Waals surface area contributed by atoms with Gasteiger partial charge in [-0.05, 0) is 6.42 Å². The van der Waals surface area contributed by atoms with Gasteiger partial charge in [-0.25, -0.2) is 6.23 Å². The molecule has 2 aliphatic heterocycles. The average Bonchev–Trinajstić information content (AvgIpc) is 2.24. The first-order valence-electron chi connectivity index (χ1n) is 3.12. The summed E-state index contributed by atoms with van der Waals surface area (Å²) in [6, 6.07) is 1.71. The van der Waals surface area contributed by atoms with E-state index in [1.165, 1.54) is 19.5 Å². The van der Waals surface area contributed by atoms with Crippen LogP contribution in [0.4, 0.5) is 0 Å². The van der Waals surface area contributed by atoms with E-state index in [2.05, 4.69) is 52.0 Å². The van der Waals surface area contributed by atoms with Crippen LogP contribution in [0.15, 0.2) is 0 Å². The zero-order valence-corrected chi connectivity index (χ0v) is 9.24. The molecule has 0 aromatic heterocycles. The molecule has 0 radical (unpaired) electrons. The standard InChI is InChI=1S/C5H8I2N2/c6-8-2-4-1-5(8)3-9(4)7/h4-5H,1-3H2/t4-,5-/m1/s1. The van der Waals surface area contributed by atoms with Crippen LogP contribution in [-0.2, 0) is 0 Å². The average molecular weight is 350 g/mol. The van der Waals surface area contributed by atoms with Crippen LogP contribution in [0.5, 0.6) is 0 Å². The van der Waals surface area contributed by atoms with E-state index >= 15 is 0 Å². The molecule has 2 heterocycles. The Morgan fingerprint density at radius 3 is 1.67 bits per heavy atom. The molecule has 0 unspecified atom stereocenters. The van der Waals surface area contributed by atoms with Gasteiger partial charge in [-0.3, -0.25) is 0 Å². The predicted molar refractivity (Wildman–Crippen MR) is 53.6 cm³/mol. The topological polar surface area (TPSA) is 6.48 Å². The minimum atomic E-state index is 0.854. The van der Waals surface area contributed by atoms with Crippen molar-refractivity contribution in [3.8, 4) is 0 Å². The lowest BCUT2D eigenvalue weighted by molar-refractivity contribution is 0.341. The van der Waals surface area contributed by atoms with Crippen molar-refractivity contribution < 1.29 is 0 Å². The van der Waals surface area contributed by atoms with E-state index < -0.39 is 0 Å². The van der Waals surface area contributed by atoms with Gasteiger partial charge in [-0.15, -0.1) is 0 Å². The van der Waals surface area contributed by atoms with Gasteiger partial charge in [-0.2, -0.15) is 0 Å². The fourth-order valence-corrected chi connectivity index (χ4v) is 3.29. The molecule has 0 aromatic rings. The van der Waals surface area contributed by atoms with Crippen LogP contribution in [0.25, 0.3) is 0 Å². The normalized spacial score (nSPS) is 44.7. The fourth-order valence-electron chi connectivity index (χ4n) is 1.57. The summed E-state index contributed by atoms with van der Waals surface area (Å²) in [6.45, 7) is 2.54. The highest BCUT2D eigenvalue weighted by atomic mass is 127. The first-order chi connectivity index (χ1) is 4.27. The molecule has 0 saturated carbocycles. The van der Waals surface area contributed by atoms with E-state index in [0.29, 0.717) is 0 Å². The van der Waals surface area contributed by atoms with Crippen molar-refractivity contribution in [2.45, 2.75) is 18.5 Å². The van der Waals surface area contributed by atoms with E-state index in [1.807, 2.05) is 0 Å². The molecule has 2 saturated heterocycles. The SMILES string of the molecule is IN1C[C@H]2C[C@@H]1CN2I. The lowest BCUT2D eigenvalue weighted by atomic mass is 10.3. The number of piperazine rings is 1. The minimum absolute atomic E-state index is 0.854. The second kappa shape index (κ2) is 2.46. The molecular formula is C5H8I2N2. The van der Waals surface area contributed by atoms with Gasteiger partial charge in [0.25, 0.3) is 0 Å². The van der Waals surface area contributed by atoms with Crippen molar-refractivity contribution in [1.29, 1.82) is 0 Å². The largest absolute Gasteiger partial charge is 0.242 e. The van der Waals surface area contributed by atoms with Crippen molar-refractivity contribution >= 4 is 45.7 Å². The number of halogens is 2. The molecule has 52 valence electrons. The summed E-state index contributed by atoms with van der Waals surface area (Å²) in [7, 11) is 0. The lowest BCUT2D eigenvalue weighted by Crippen LogP contribution is -2.36. The third-order valence-corrected chi connectivity index (χ3v) is 4.47. The Kier molecular flexibility index (Phi) is 1.92. The van der Waals surface area contributed by atoms with Crippen LogP contribution in [0.2, 0.25) is 0 Å². The molecule has 2 atom stereocenters. The molecule has 2 fully saturated rings. The molecule has 0 aromatic carbocycles. The van der Waals surface area contributed by atoms with Crippen molar-refractivity contribution in [1.82, 2.24) is 6.23 Å². The molecule has 2 aliphatic rings. The summed E-state index contributed by atoms with van der Waals surface area (Å²) in [5.41, 5.74) is 0. The van der Waals surface area contributed by atoms with E-state index in [0.717, 1.165) is 12.1 Å². The molecule has 0 amide bonds. The Balaban J connectivity index is 2.10. The first-order valence-corrected chi connectivity index (χ1v) is 5.05. The van der Waals surface area contributed by atoms with Gasteiger partial charge in [0.05, 0.1) is 0 Å². The van der Waals surface area contributed by atoms with Gasteiger partial charge in [0, 0.05) is 70.9 Å². The van der Waals surface area contributed by atoms with E-state index in [4.69, 9.17) is 0 Å². The Bertz CT molecular complexity index is 112. The van der Waals surface area contributed by atoms with Crippen molar-refractivity contribution in [2.24, 2.45) is 0 Å². The van der Waals surface area contributed by atoms with Gasteiger partial charge >= 0.3 is 0 Å². The van der Waals surface area contributed by atoms with Gasteiger partial charge in [0.15, 0.2) is 0 Å².